The summed E-state index contributed by atoms with van der Waals surface area (Å²) in [5.74, 6) is 0.768. The number of likely N-dealkylation sites (tertiary alicyclic amines) is 1. The maximum atomic E-state index is 13.1. The zero-order chi connectivity index (χ0) is 36.0. The highest BCUT2D eigenvalue weighted by Gasteiger charge is 2.33. The average molecular weight is 714 g/mol. The largest absolute Gasteiger partial charge is 0.433 e. The summed E-state index contributed by atoms with van der Waals surface area (Å²) in [7, 11) is 0. The fourth-order valence-electron chi connectivity index (χ4n) is 7.85. The number of hydrogen-bond acceptors (Lipinski definition) is 7. The molecule has 1 aromatic carbocycles. The lowest BCUT2D eigenvalue weighted by atomic mass is 9.84. The number of urea groups is 1. The molecule has 15 heteroatoms. The van der Waals surface area contributed by atoms with Crippen LogP contribution in [-0.2, 0) is 11.0 Å². The van der Waals surface area contributed by atoms with Gasteiger partial charge in [0.15, 0.2) is 0 Å². The molecule has 1 saturated carbocycles. The standard InChI is InChI=1S/C37H38F3N9O3/c38-37(39,40)31-3-1-2-30(43-31)35(51)42-27-6-9-29-26(18-27)22-49(45-29)28-7-4-23(5-8-28)21-46-14-10-24(11-15-46)25-12-16-47-32(19-25)41-20-34(47)48-17-13-33(50)44-36(48)52/h1-3,6,9,12,16,18-20,22-24,28H,4-5,7-8,10-11,13-15,17,21H2,(H,42,51)(H,44,50,52). The van der Waals surface area contributed by atoms with E-state index in [0.29, 0.717) is 29.9 Å². The van der Waals surface area contributed by atoms with E-state index in [1.165, 1.54) is 17.7 Å². The van der Waals surface area contributed by atoms with Crippen LogP contribution in [0.25, 0.3) is 16.6 Å². The van der Waals surface area contributed by atoms with E-state index < -0.39 is 23.8 Å². The number of amides is 4. The minimum atomic E-state index is -4.63. The number of benzene rings is 1. The van der Waals surface area contributed by atoms with Crippen LogP contribution in [0, 0.1) is 5.92 Å². The van der Waals surface area contributed by atoms with Crippen LogP contribution in [-0.4, -0.2) is 73.1 Å². The number of imidazole rings is 1. The average Bonchev–Trinajstić information content (AvgIpc) is 3.76. The highest BCUT2D eigenvalue weighted by molar-refractivity contribution is 6.05. The Bertz CT molecular complexity index is 2150. The van der Waals surface area contributed by atoms with Crippen molar-refractivity contribution in [1.29, 1.82) is 0 Å². The van der Waals surface area contributed by atoms with Crippen molar-refractivity contribution in [3.8, 4) is 0 Å². The number of fused-ring (bicyclic) bond motifs is 2. The first-order valence-electron chi connectivity index (χ1n) is 17.7. The minimum absolute atomic E-state index is 0.260. The Kier molecular flexibility index (Phi) is 8.89. The zero-order valence-electron chi connectivity index (χ0n) is 28.4. The van der Waals surface area contributed by atoms with Gasteiger partial charge in [-0.05, 0) is 111 Å². The highest BCUT2D eigenvalue weighted by Crippen LogP contribution is 2.36. The molecule has 0 spiro atoms. The van der Waals surface area contributed by atoms with Gasteiger partial charge < -0.3 is 10.2 Å². The summed E-state index contributed by atoms with van der Waals surface area (Å²) >= 11 is 0. The SMILES string of the molecule is O=C1CCN(c2cnc3cc(C4CCN(CC5CCC(n6cc7cc(NC(=O)c8cccc(C(F)(F)F)n8)ccc7n6)CC5)CC4)ccn23)C(=O)N1. The van der Waals surface area contributed by atoms with Crippen molar-refractivity contribution in [2.45, 2.75) is 63.1 Å². The maximum Gasteiger partial charge on any atom is 0.433 e. The van der Waals surface area contributed by atoms with Gasteiger partial charge in [0, 0.05) is 43.0 Å². The second-order valence-electron chi connectivity index (χ2n) is 14.1. The predicted molar refractivity (Wildman–Crippen MR) is 187 cm³/mol. The van der Waals surface area contributed by atoms with Crippen molar-refractivity contribution >= 4 is 45.9 Å². The summed E-state index contributed by atoms with van der Waals surface area (Å²) in [6, 6.07) is 12.6. The van der Waals surface area contributed by atoms with E-state index in [-0.39, 0.29) is 24.1 Å². The van der Waals surface area contributed by atoms with Gasteiger partial charge in [0.2, 0.25) is 5.91 Å². The van der Waals surface area contributed by atoms with E-state index >= 15 is 0 Å². The molecule has 1 aliphatic carbocycles. The van der Waals surface area contributed by atoms with Crippen LogP contribution in [0.5, 0.6) is 0 Å². The van der Waals surface area contributed by atoms with Crippen LogP contribution in [0.15, 0.2) is 67.1 Å². The van der Waals surface area contributed by atoms with E-state index in [9.17, 15) is 27.6 Å². The summed E-state index contributed by atoms with van der Waals surface area (Å²) in [6.45, 7) is 3.52. The second kappa shape index (κ2) is 13.7. The third kappa shape index (κ3) is 6.96. The number of rotatable bonds is 7. The van der Waals surface area contributed by atoms with Gasteiger partial charge in [-0.3, -0.25) is 28.9 Å². The first-order valence-corrected chi connectivity index (χ1v) is 17.7. The van der Waals surface area contributed by atoms with Gasteiger partial charge in [0.25, 0.3) is 5.91 Å². The third-order valence-electron chi connectivity index (χ3n) is 10.7. The number of aromatic nitrogens is 5. The Hall–Kier alpha value is -5.31. The molecule has 0 atom stereocenters. The minimum Gasteiger partial charge on any atom is -0.321 e. The number of halogens is 3. The maximum absolute atomic E-state index is 13.1. The summed E-state index contributed by atoms with van der Waals surface area (Å²) in [6.07, 6.45) is 7.73. The lowest BCUT2D eigenvalue weighted by Gasteiger charge is -2.36. The first kappa shape index (κ1) is 33.8. The Labute approximate surface area is 297 Å². The number of nitrogens with one attached hydrogen (secondary N) is 2. The molecule has 270 valence electrons. The number of nitrogens with zero attached hydrogens (tertiary/aromatic N) is 7. The molecular formula is C37H38F3N9O3. The zero-order valence-corrected chi connectivity index (χ0v) is 28.4. The Morgan fingerprint density at radius 1 is 0.962 bits per heavy atom. The van der Waals surface area contributed by atoms with Crippen molar-refractivity contribution in [2.75, 3.05) is 36.4 Å². The Morgan fingerprint density at radius 2 is 1.77 bits per heavy atom. The highest BCUT2D eigenvalue weighted by atomic mass is 19.4. The van der Waals surface area contributed by atoms with Crippen LogP contribution >= 0.6 is 0 Å². The van der Waals surface area contributed by atoms with Gasteiger partial charge in [-0.15, -0.1) is 0 Å². The number of hydrogen-bond donors (Lipinski definition) is 2. The third-order valence-corrected chi connectivity index (χ3v) is 10.7. The van der Waals surface area contributed by atoms with Crippen LogP contribution in [0.1, 0.15) is 78.7 Å². The second-order valence-corrected chi connectivity index (χ2v) is 14.1. The monoisotopic (exact) mass is 713 g/mol. The summed E-state index contributed by atoms with van der Waals surface area (Å²) in [4.78, 5) is 48.8. The number of carbonyl (C=O) groups is 3. The van der Waals surface area contributed by atoms with Gasteiger partial charge >= 0.3 is 12.2 Å². The van der Waals surface area contributed by atoms with Crippen molar-refractivity contribution in [3.05, 3.63) is 84.1 Å². The molecule has 6 heterocycles. The quantitative estimate of drug-likeness (QED) is 0.200. The number of carbonyl (C=O) groups excluding carboxylic acids is 3. The van der Waals surface area contributed by atoms with Crippen molar-refractivity contribution in [1.82, 2.24) is 34.4 Å². The number of imide groups is 1. The molecule has 2 saturated heterocycles. The van der Waals surface area contributed by atoms with Crippen LogP contribution in [0.3, 0.4) is 0 Å². The van der Waals surface area contributed by atoms with E-state index in [2.05, 4.69) is 37.6 Å². The predicted octanol–water partition coefficient (Wildman–Crippen LogP) is 6.41. The van der Waals surface area contributed by atoms with Crippen molar-refractivity contribution in [2.24, 2.45) is 5.92 Å². The summed E-state index contributed by atoms with van der Waals surface area (Å²) in [5.41, 5.74) is 1.89. The molecule has 0 unspecified atom stereocenters. The first-order chi connectivity index (χ1) is 25.1. The molecule has 2 N–H and O–H groups in total. The fourth-order valence-corrected chi connectivity index (χ4v) is 7.85. The topological polar surface area (TPSA) is 130 Å². The molecule has 3 aliphatic rings. The van der Waals surface area contributed by atoms with Gasteiger partial charge in [0.05, 0.1) is 17.8 Å². The molecule has 4 aromatic heterocycles. The van der Waals surface area contributed by atoms with E-state index in [0.717, 1.165) is 80.8 Å². The number of pyridine rings is 2. The molecular weight excluding hydrogens is 675 g/mol. The number of alkyl halides is 3. The van der Waals surface area contributed by atoms with Gasteiger partial charge in [-0.1, -0.05) is 6.07 Å². The molecule has 5 aromatic rings. The van der Waals surface area contributed by atoms with E-state index in [1.54, 1.807) is 29.3 Å². The molecule has 2 aliphatic heterocycles. The molecule has 12 nitrogen and oxygen atoms in total. The molecule has 3 fully saturated rings. The van der Waals surface area contributed by atoms with E-state index in [1.807, 2.05) is 21.5 Å². The smallest absolute Gasteiger partial charge is 0.321 e. The summed E-state index contributed by atoms with van der Waals surface area (Å²) in [5, 5.41) is 10.7. The van der Waals surface area contributed by atoms with Gasteiger partial charge in [-0.25, -0.2) is 14.8 Å². The summed E-state index contributed by atoms with van der Waals surface area (Å²) < 4.78 is 43.1. The van der Waals surface area contributed by atoms with Crippen LogP contribution in [0.2, 0.25) is 0 Å². The molecule has 8 rings (SSSR count). The molecule has 0 bridgehead atoms. The number of piperidine rings is 1. The fraction of sp³-hybridized carbons (Fsp3) is 0.405. The van der Waals surface area contributed by atoms with Gasteiger partial charge in [0.1, 0.15) is 22.9 Å². The molecule has 4 amide bonds. The normalized spacial score (nSPS) is 20.8. The molecule has 0 radical (unpaired) electrons. The van der Waals surface area contributed by atoms with Crippen molar-refractivity contribution in [3.63, 3.8) is 0 Å². The van der Waals surface area contributed by atoms with Crippen LogP contribution < -0.4 is 15.5 Å². The van der Waals surface area contributed by atoms with E-state index in [4.69, 9.17) is 5.10 Å². The van der Waals surface area contributed by atoms with Crippen molar-refractivity contribution < 1.29 is 27.6 Å². The Balaban J connectivity index is 0.820. The Morgan fingerprint density at radius 3 is 2.54 bits per heavy atom. The van der Waals surface area contributed by atoms with Crippen LogP contribution in [0.4, 0.5) is 29.5 Å². The molecule has 52 heavy (non-hydrogen) atoms. The lowest BCUT2D eigenvalue weighted by molar-refractivity contribution is -0.141. The lowest BCUT2D eigenvalue weighted by Crippen LogP contribution is -2.50. The number of anilines is 2. The van der Waals surface area contributed by atoms with Gasteiger partial charge in [-0.2, -0.15) is 18.3 Å².